The van der Waals surface area contributed by atoms with Crippen LogP contribution in [0.15, 0.2) is 52.2 Å². The van der Waals surface area contributed by atoms with Crippen molar-refractivity contribution in [1.82, 2.24) is 9.13 Å². The number of benzene rings is 2. The molecule has 0 amide bonds. The normalized spacial score (nSPS) is 11.0. The Morgan fingerprint density at radius 1 is 0.741 bits per heavy atom. The van der Waals surface area contributed by atoms with E-state index in [0.29, 0.717) is 12.1 Å². The molecule has 0 fully saturated rings. The van der Waals surface area contributed by atoms with Crippen molar-refractivity contribution >= 4 is 0 Å². The lowest BCUT2D eigenvalue weighted by molar-refractivity contribution is 0.564. The van der Waals surface area contributed by atoms with Crippen LogP contribution in [-0.4, -0.2) is 9.13 Å². The number of hydrogen-bond acceptors (Lipinski definition) is 2. The van der Waals surface area contributed by atoms with Crippen LogP contribution in [-0.2, 0) is 13.1 Å². The lowest BCUT2D eigenvalue weighted by Crippen LogP contribution is -2.41. The van der Waals surface area contributed by atoms with Crippen LogP contribution in [0.3, 0.4) is 0 Å². The van der Waals surface area contributed by atoms with E-state index in [1.54, 1.807) is 0 Å². The van der Waals surface area contributed by atoms with Gasteiger partial charge in [0, 0.05) is 23.9 Å². The van der Waals surface area contributed by atoms with Gasteiger partial charge in [-0.25, -0.2) is 22.4 Å². The van der Waals surface area contributed by atoms with Crippen LogP contribution < -0.4 is 11.2 Å². The van der Waals surface area contributed by atoms with Gasteiger partial charge in [0.25, 0.3) is 5.56 Å². The monoisotopic (exact) mass is 378 g/mol. The summed E-state index contributed by atoms with van der Waals surface area (Å²) >= 11 is 0. The van der Waals surface area contributed by atoms with Crippen LogP contribution >= 0.6 is 0 Å². The molecule has 0 unspecified atom stereocenters. The lowest BCUT2D eigenvalue weighted by atomic mass is 10.2. The van der Waals surface area contributed by atoms with Gasteiger partial charge in [-0.1, -0.05) is 0 Å². The quantitative estimate of drug-likeness (QED) is 0.656. The zero-order chi connectivity index (χ0) is 19.7. The molecule has 140 valence electrons. The molecular formula is C19H14F4N2O2. The minimum absolute atomic E-state index is 0.0978. The molecule has 0 atom stereocenters. The predicted octanol–water partition coefficient (Wildman–Crippen LogP) is 2.97. The van der Waals surface area contributed by atoms with E-state index in [-0.39, 0.29) is 29.8 Å². The van der Waals surface area contributed by atoms with Crippen LogP contribution in [0.1, 0.15) is 16.7 Å². The lowest BCUT2D eigenvalue weighted by Gasteiger charge is -2.12. The molecule has 0 saturated carbocycles. The first kappa shape index (κ1) is 18.6. The van der Waals surface area contributed by atoms with E-state index in [1.165, 1.54) is 13.1 Å². The Kier molecular flexibility index (Phi) is 4.98. The number of rotatable bonds is 4. The van der Waals surface area contributed by atoms with Gasteiger partial charge >= 0.3 is 5.69 Å². The zero-order valence-corrected chi connectivity index (χ0v) is 14.2. The molecule has 3 rings (SSSR count). The Labute approximate surface area is 150 Å². The minimum atomic E-state index is -0.832. The van der Waals surface area contributed by atoms with Crippen molar-refractivity contribution in [3.05, 3.63) is 103 Å². The van der Waals surface area contributed by atoms with Crippen LogP contribution in [0.4, 0.5) is 17.6 Å². The Balaban J connectivity index is 2.05. The molecule has 4 nitrogen and oxygen atoms in total. The summed E-state index contributed by atoms with van der Waals surface area (Å²) in [5, 5.41) is 0. The molecule has 0 spiro atoms. The van der Waals surface area contributed by atoms with Gasteiger partial charge in [-0.3, -0.25) is 13.9 Å². The summed E-state index contributed by atoms with van der Waals surface area (Å²) in [6.07, 6.45) is 1.27. The van der Waals surface area contributed by atoms with E-state index in [0.717, 1.165) is 33.4 Å². The third-order valence-corrected chi connectivity index (χ3v) is 3.95. The van der Waals surface area contributed by atoms with Crippen molar-refractivity contribution in [2.45, 2.75) is 20.0 Å². The highest BCUT2D eigenvalue weighted by atomic mass is 19.1. The first-order valence-corrected chi connectivity index (χ1v) is 7.94. The summed E-state index contributed by atoms with van der Waals surface area (Å²) < 4.78 is 55.4. The Morgan fingerprint density at radius 3 is 1.67 bits per heavy atom. The average Bonchev–Trinajstić information content (AvgIpc) is 2.55. The highest BCUT2D eigenvalue weighted by Crippen LogP contribution is 2.10. The van der Waals surface area contributed by atoms with Crippen molar-refractivity contribution in [3.63, 3.8) is 0 Å². The summed E-state index contributed by atoms with van der Waals surface area (Å²) in [6.45, 7) is 0.949. The Hall–Kier alpha value is -3.16. The number of halogens is 4. The summed E-state index contributed by atoms with van der Waals surface area (Å²) in [5.74, 6) is -3.25. The molecule has 8 heteroatoms. The van der Waals surface area contributed by atoms with E-state index in [4.69, 9.17) is 0 Å². The third-order valence-electron chi connectivity index (χ3n) is 3.95. The topological polar surface area (TPSA) is 44.0 Å². The van der Waals surface area contributed by atoms with E-state index in [2.05, 4.69) is 0 Å². The molecular weight excluding hydrogens is 364 g/mol. The van der Waals surface area contributed by atoms with Crippen molar-refractivity contribution in [2.75, 3.05) is 0 Å². The SMILES string of the molecule is Cc1cn(Cc2cc(F)cc(F)c2)c(=O)n(Cc2cc(F)cc(F)c2)c1=O. The predicted molar refractivity (Wildman–Crippen MR) is 90.6 cm³/mol. The summed E-state index contributed by atoms with van der Waals surface area (Å²) in [5.41, 5.74) is -0.897. The molecule has 0 bridgehead atoms. The Morgan fingerprint density at radius 2 is 1.19 bits per heavy atom. The first-order valence-electron chi connectivity index (χ1n) is 7.94. The molecule has 0 N–H and O–H groups in total. The van der Waals surface area contributed by atoms with Crippen LogP contribution in [0.2, 0.25) is 0 Å². The first-order chi connectivity index (χ1) is 12.7. The van der Waals surface area contributed by atoms with Gasteiger partial charge in [-0.2, -0.15) is 0 Å². The minimum Gasteiger partial charge on any atom is -0.296 e. The van der Waals surface area contributed by atoms with E-state index in [1.807, 2.05) is 0 Å². The molecule has 1 aromatic heterocycles. The second kappa shape index (κ2) is 7.22. The second-order valence-corrected chi connectivity index (χ2v) is 6.17. The number of aryl methyl sites for hydroxylation is 1. The number of nitrogens with zero attached hydrogens (tertiary/aromatic N) is 2. The molecule has 0 saturated heterocycles. The smallest absolute Gasteiger partial charge is 0.296 e. The Bertz CT molecular complexity index is 1100. The van der Waals surface area contributed by atoms with Gasteiger partial charge in [0.05, 0.1) is 13.1 Å². The fraction of sp³-hybridized carbons (Fsp3) is 0.158. The molecule has 3 aromatic rings. The zero-order valence-electron chi connectivity index (χ0n) is 14.2. The molecule has 0 radical (unpaired) electrons. The molecule has 0 aliphatic heterocycles. The van der Waals surface area contributed by atoms with Crippen LogP contribution in [0.5, 0.6) is 0 Å². The maximum Gasteiger partial charge on any atom is 0.331 e. The second-order valence-electron chi connectivity index (χ2n) is 6.17. The number of aromatic nitrogens is 2. The van der Waals surface area contributed by atoms with Gasteiger partial charge in [0.1, 0.15) is 23.3 Å². The highest BCUT2D eigenvalue weighted by molar-refractivity contribution is 5.20. The number of hydrogen-bond donors (Lipinski definition) is 0. The maximum atomic E-state index is 13.4. The van der Waals surface area contributed by atoms with Gasteiger partial charge in [0.15, 0.2) is 0 Å². The van der Waals surface area contributed by atoms with E-state index < -0.39 is 34.5 Å². The molecule has 0 aliphatic rings. The van der Waals surface area contributed by atoms with Crippen LogP contribution in [0.25, 0.3) is 0 Å². The standard InChI is InChI=1S/C19H14F4N2O2/c1-11-8-24(9-12-2-14(20)6-15(21)3-12)19(27)25(18(11)26)10-13-4-16(22)7-17(23)5-13/h2-8H,9-10H2,1H3. The highest BCUT2D eigenvalue weighted by Gasteiger charge is 2.12. The van der Waals surface area contributed by atoms with Gasteiger partial charge < -0.3 is 0 Å². The van der Waals surface area contributed by atoms with E-state index in [9.17, 15) is 27.2 Å². The third kappa shape index (κ3) is 4.16. The average molecular weight is 378 g/mol. The van der Waals surface area contributed by atoms with Gasteiger partial charge in [-0.05, 0) is 42.3 Å². The largest absolute Gasteiger partial charge is 0.331 e. The fourth-order valence-electron chi connectivity index (χ4n) is 2.84. The molecule has 1 heterocycles. The molecule has 2 aromatic carbocycles. The summed E-state index contributed by atoms with van der Waals surface area (Å²) in [6, 6.07) is 5.56. The summed E-state index contributed by atoms with van der Waals surface area (Å²) in [4.78, 5) is 25.0. The van der Waals surface area contributed by atoms with Crippen molar-refractivity contribution in [2.24, 2.45) is 0 Å². The van der Waals surface area contributed by atoms with Crippen molar-refractivity contribution in [1.29, 1.82) is 0 Å². The van der Waals surface area contributed by atoms with Crippen molar-refractivity contribution < 1.29 is 17.6 Å². The van der Waals surface area contributed by atoms with Crippen LogP contribution in [0, 0.1) is 30.2 Å². The van der Waals surface area contributed by atoms with Gasteiger partial charge in [0.2, 0.25) is 0 Å². The van der Waals surface area contributed by atoms with Crippen molar-refractivity contribution in [3.8, 4) is 0 Å². The fourth-order valence-corrected chi connectivity index (χ4v) is 2.84. The van der Waals surface area contributed by atoms with E-state index >= 15 is 0 Å². The maximum absolute atomic E-state index is 13.4. The molecule has 0 aliphatic carbocycles. The summed E-state index contributed by atoms with van der Waals surface area (Å²) in [7, 11) is 0. The van der Waals surface area contributed by atoms with Gasteiger partial charge in [-0.15, -0.1) is 0 Å². The molecule has 27 heavy (non-hydrogen) atoms.